The molecule has 0 spiro atoms. The summed E-state index contributed by atoms with van der Waals surface area (Å²) >= 11 is 0. The third-order valence-electron chi connectivity index (χ3n) is 4.20. The fraction of sp³-hybridized carbons (Fsp3) is 0.368. The Kier molecular flexibility index (Phi) is 5.08. The van der Waals surface area contributed by atoms with E-state index in [4.69, 9.17) is 10.5 Å². The van der Waals surface area contributed by atoms with E-state index in [0.29, 0.717) is 29.8 Å². The normalized spacial score (nSPS) is 13.6. The smallest absolute Gasteiger partial charge is 0.410 e. The van der Waals surface area contributed by atoms with Gasteiger partial charge in [-0.15, -0.1) is 0 Å². The number of anilines is 1. The van der Waals surface area contributed by atoms with E-state index in [0.717, 1.165) is 5.69 Å². The van der Waals surface area contributed by atoms with Crippen LogP contribution in [0.15, 0.2) is 24.3 Å². The molecular weight excluding hydrogens is 362 g/mol. The first-order chi connectivity index (χ1) is 13.1. The van der Waals surface area contributed by atoms with Gasteiger partial charge in [-0.1, -0.05) is 0 Å². The molecule has 28 heavy (non-hydrogen) atoms. The highest BCUT2D eigenvalue weighted by Crippen LogP contribution is 2.22. The van der Waals surface area contributed by atoms with Crippen molar-refractivity contribution in [3.8, 4) is 0 Å². The highest BCUT2D eigenvalue weighted by atomic mass is 16.6. The van der Waals surface area contributed by atoms with Crippen LogP contribution in [0.3, 0.4) is 0 Å². The Morgan fingerprint density at radius 3 is 2.50 bits per heavy atom. The number of carbonyl (C=O) groups is 3. The molecule has 0 atom stereocenters. The van der Waals surface area contributed by atoms with E-state index in [2.05, 4.69) is 15.5 Å². The topological polar surface area (TPSA) is 130 Å². The average molecular weight is 385 g/mol. The van der Waals surface area contributed by atoms with Gasteiger partial charge < -0.3 is 15.4 Å². The summed E-state index contributed by atoms with van der Waals surface area (Å²) in [6.45, 7) is 6.01. The van der Waals surface area contributed by atoms with Gasteiger partial charge in [-0.3, -0.25) is 20.0 Å². The van der Waals surface area contributed by atoms with Crippen LogP contribution in [0.25, 0.3) is 0 Å². The zero-order valence-corrected chi connectivity index (χ0v) is 16.0. The number of imide groups is 1. The van der Waals surface area contributed by atoms with Crippen LogP contribution >= 0.6 is 0 Å². The molecule has 148 valence electrons. The molecule has 0 bridgehead atoms. The molecule has 0 unspecified atom stereocenters. The van der Waals surface area contributed by atoms with Gasteiger partial charge in [0.2, 0.25) is 0 Å². The van der Waals surface area contributed by atoms with Crippen molar-refractivity contribution in [2.75, 3.05) is 12.3 Å². The number of aromatic amines is 1. The Bertz CT molecular complexity index is 911. The number of hydrogen-bond acceptors (Lipinski definition) is 6. The lowest BCUT2D eigenvalue weighted by molar-refractivity contribution is 0.0222. The minimum absolute atomic E-state index is 0.0899. The molecule has 9 nitrogen and oxygen atoms in total. The number of H-pyrrole nitrogens is 1. The number of carbonyl (C=O) groups excluding carboxylic acids is 3. The summed E-state index contributed by atoms with van der Waals surface area (Å²) in [6, 6.07) is 6.22. The summed E-state index contributed by atoms with van der Waals surface area (Å²) in [4.78, 5) is 38.7. The standard InChI is InChI=1S/C19H23N5O4/c1-19(2,3)28-18(27)24-9-8-14-13(10-24)15(23-22-14)17(26)21-16(25)11-4-6-12(20)7-5-11/h4-7H,8-10,20H2,1-3H3,(H,22,23)(H,21,25,26). The van der Waals surface area contributed by atoms with Crippen LogP contribution in [0, 0.1) is 0 Å². The monoisotopic (exact) mass is 385 g/mol. The number of nitrogen functional groups attached to an aromatic ring is 1. The molecule has 1 aromatic carbocycles. The molecule has 3 rings (SSSR count). The van der Waals surface area contributed by atoms with E-state index in [-0.39, 0.29) is 12.2 Å². The number of benzene rings is 1. The largest absolute Gasteiger partial charge is 0.444 e. The Morgan fingerprint density at radius 1 is 1.18 bits per heavy atom. The molecule has 2 aromatic rings. The number of amides is 3. The minimum Gasteiger partial charge on any atom is -0.444 e. The molecule has 1 aliphatic heterocycles. The first-order valence-corrected chi connectivity index (χ1v) is 8.89. The van der Waals surface area contributed by atoms with Gasteiger partial charge in [-0.2, -0.15) is 5.10 Å². The third kappa shape index (κ3) is 4.30. The third-order valence-corrected chi connectivity index (χ3v) is 4.20. The van der Waals surface area contributed by atoms with Crippen molar-refractivity contribution >= 4 is 23.6 Å². The number of hydrogen-bond donors (Lipinski definition) is 3. The molecule has 1 aliphatic rings. The molecule has 0 aliphatic carbocycles. The van der Waals surface area contributed by atoms with Gasteiger partial charge in [0.15, 0.2) is 5.69 Å². The number of fused-ring (bicyclic) bond motifs is 1. The SMILES string of the molecule is CC(C)(C)OC(=O)N1CCc2[nH]nc(C(=O)NC(=O)c3ccc(N)cc3)c2C1. The summed E-state index contributed by atoms with van der Waals surface area (Å²) in [7, 11) is 0. The maximum atomic E-state index is 12.6. The van der Waals surface area contributed by atoms with Crippen molar-refractivity contribution in [1.29, 1.82) is 0 Å². The van der Waals surface area contributed by atoms with Gasteiger partial charge in [-0.05, 0) is 45.0 Å². The lowest BCUT2D eigenvalue weighted by Crippen LogP contribution is -2.40. The lowest BCUT2D eigenvalue weighted by Gasteiger charge is -2.30. The van der Waals surface area contributed by atoms with E-state index in [1.165, 1.54) is 17.0 Å². The van der Waals surface area contributed by atoms with Crippen LogP contribution in [0.1, 0.15) is 52.9 Å². The molecule has 3 amide bonds. The highest BCUT2D eigenvalue weighted by molar-refractivity contribution is 6.10. The molecular formula is C19H23N5O4. The predicted molar refractivity (Wildman–Crippen MR) is 102 cm³/mol. The summed E-state index contributed by atoms with van der Waals surface area (Å²) in [5.74, 6) is -1.19. The van der Waals surface area contributed by atoms with Crippen molar-refractivity contribution in [3.05, 3.63) is 46.8 Å². The Morgan fingerprint density at radius 2 is 1.86 bits per heavy atom. The van der Waals surface area contributed by atoms with E-state index < -0.39 is 23.5 Å². The van der Waals surface area contributed by atoms with Crippen molar-refractivity contribution in [2.45, 2.75) is 39.3 Å². The first kappa shape index (κ1) is 19.4. The Labute approximate surface area is 162 Å². The highest BCUT2D eigenvalue weighted by Gasteiger charge is 2.30. The van der Waals surface area contributed by atoms with Crippen LogP contribution in [0.5, 0.6) is 0 Å². The van der Waals surface area contributed by atoms with E-state index in [1.807, 2.05) is 0 Å². The van der Waals surface area contributed by atoms with Gasteiger partial charge >= 0.3 is 6.09 Å². The molecule has 4 N–H and O–H groups in total. The zero-order valence-electron chi connectivity index (χ0n) is 16.0. The minimum atomic E-state index is -0.634. The van der Waals surface area contributed by atoms with Crippen molar-refractivity contribution in [2.24, 2.45) is 0 Å². The first-order valence-electron chi connectivity index (χ1n) is 8.89. The summed E-state index contributed by atoms with van der Waals surface area (Å²) in [5, 5.41) is 9.17. The molecule has 1 aromatic heterocycles. The quantitative estimate of drug-likeness (QED) is 0.534. The number of nitrogens with one attached hydrogen (secondary N) is 2. The Balaban J connectivity index is 1.72. The number of aromatic nitrogens is 2. The van der Waals surface area contributed by atoms with Gasteiger partial charge in [0.1, 0.15) is 5.60 Å². The summed E-state index contributed by atoms with van der Waals surface area (Å²) < 4.78 is 5.39. The van der Waals surface area contributed by atoms with Crippen LogP contribution in [0.2, 0.25) is 0 Å². The molecule has 9 heteroatoms. The maximum absolute atomic E-state index is 12.6. The van der Waals surface area contributed by atoms with Crippen molar-refractivity contribution in [3.63, 3.8) is 0 Å². The summed E-state index contributed by atoms with van der Waals surface area (Å²) in [5.41, 5.74) is 7.26. The molecule has 0 saturated heterocycles. The number of nitrogens with zero attached hydrogens (tertiary/aromatic N) is 2. The average Bonchev–Trinajstić information content (AvgIpc) is 3.04. The van der Waals surface area contributed by atoms with E-state index in [1.54, 1.807) is 32.9 Å². The fourth-order valence-corrected chi connectivity index (χ4v) is 2.83. The van der Waals surface area contributed by atoms with Crippen LogP contribution in [0.4, 0.5) is 10.5 Å². The predicted octanol–water partition coefficient (Wildman–Crippen LogP) is 1.86. The van der Waals surface area contributed by atoms with Crippen LogP contribution in [-0.4, -0.2) is 45.2 Å². The van der Waals surface area contributed by atoms with Gasteiger partial charge in [0.05, 0.1) is 6.54 Å². The van der Waals surface area contributed by atoms with Gasteiger partial charge in [-0.25, -0.2) is 4.79 Å². The lowest BCUT2D eigenvalue weighted by atomic mass is 10.1. The van der Waals surface area contributed by atoms with Gasteiger partial charge in [0, 0.05) is 35.5 Å². The van der Waals surface area contributed by atoms with Crippen LogP contribution in [-0.2, 0) is 17.7 Å². The van der Waals surface area contributed by atoms with E-state index in [9.17, 15) is 14.4 Å². The number of nitrogens with two attached hydrogens (primary N) is 1. The second-order valence-electron chi connectivity index (χ2n) is 7.59. The Hall–Kier alpha value is -3.36. The van der Waals surface area contributed by atoms with E-state index >= 15 is 0 Å². The maximum Gasteiger partial charge on any atom is 0.410 e. The van der Waals surface area contributed by atoms with Crippen molar-refractivity contribution < 1.29 is 19.1 Å². The van der Waals surface area contributed by atoms with Gasteiger partial charge in [0.25, 0.3) is 11.8 Å². The number of ether oxygens (including phenoxy) is 1. The fourth-order valence-electron chi connectivity index (χ4n) is 2.83. The zero-order chi connectivity index (χ0) is 20.5. The summed E-state index contributed by atoms with van der Waals surface area (Å²) in [6.07, 6.45) is 0.0597. The molecule has 0 saturated carbocycles. The second-order valence-corrected chi connectivity index (χ2v) is 7.59. The molecule has 2 heterocycles. The van der Waals surface area contributed by atoms with Crippen molar-refractivity contribution in [1.82, 2.24) is 20.4 Å². The second kappa shape index (κ2) is 7.34. The van der Waals surface area contributed by atoms with Crippen LogP contribution < -0.4 is 11.1 Å². The number of rotatable bonds is 2. The molecule has 0 radical (unpaired) electrons. The molecule has 0 fully saturated rings.